The molecule has 0 aliphatic heterocycles. The molecule has 1 amide bonds. The molecule has 1 saturated carbocycles. The van der Waals surface area contributed by atoms with E-state index in [1.165, 1.54) is 6.42 Å². The number of tetrazole rings is 1. The molecule has 0 spiro atoms. The van der Waals surface area contributed by atoms with Gasteiger partial charge in [0.05, 0.1) is 18.7 Å². The summed E-state index contributed by atoms with van der Waals surface area (Å²) in [6.45, 7) is 0. The van der Waals surface area contributed by atoms with Crippen LogP contribution >= 0.6 is 0 Å². The van der Waals surface area contributed by atoms with Gasteiger partial charge in [0.2, 0.25) is 0 Å². The summed E-state index contributed by atoms with van der Waals surface area (Å²) in [6, 6.07) is 12.9. The summed E-state index contributed by atoms with van der Waals surface area (Å²) in [5.41, 5.74) is 9.06. The Bertz CT molecular complexity index is 981. The molecule has 1 unspecified atom stereocenters. The van der Waals surface area contributed by atoms with E-state index in [-0.39, 0.29) is 11.9 Å². The highest BCUT2D eigenvalue weighted by molar-refractivity contribution is 6.00. The minimum Gasteiger partial charge on any atom is -0.497 e. The van der Waals surface area contributed by atoms with Gasteiger partial charge in [0, 0.05) is 5.69 Å². The zero-order chi connectivity index (χ0) is 20.9. The molecule has 1 aliphatic carbocycles. The van der Waals surface area contributed by atoms with Crippen LogP contribution in [0.2, 0.25) is 0 Å². The third-order valence-corrected chi connectivity index (χ3v) is 5.77. The molecule has 0 saturated heterocycles. The predicted octanol–water partition coefficient (Wildman–Crippen LogP) is 3.51. The first-order valence-electron chi connectivity index (χ1n) is 10.2. The quantitative estimate of drug-likeness (QED) is 0.539. The molecule has 1 heterocycles. The Morgan fingerprint density at radius 3 is 2.50 bits per heavy atom. The molecule has 1 fully saturated rings. The molecular formula is C22H26N6O2. The van der Waals surface area contributed by atoms with Gasteiger partial charge >= 0.3 is 0 Å². The monoisotopic (exact) mass is 406 g/mol. The fourth-order valence-corrected chi connectivity index (χ4v) is 4.11. The summed E-state index contributed by atoms with van der Waals surface area (Å²) in [7, 11) is 1.63. The van der Waals surface area contributed by atoms with E-state index in [4.69, 9.17) is 10.5 Å². The predicted molar refractivity (Wildman–Crippen MR) is 114 cm³/mol. The van der Waals surface area contributed by atoms with Gasteiger partial charge in [-0.1, -0.05) is 42.7 Å². The van der Waals surface area contributed by atoms with Crippen LogP contribution in [0.5, 0.6) is 5.75 Å². The van der Waals surface area contributed by atoms with Crippen molar-refractivity contribution in [2.24, 2.45) is 5.92 Å². The minimum atomic E-state index is -0.280. The Labute approximate surface area is 175 Å². The number of methoxy groups -OCH3 is 1. The van der Waals surface area contributed by atoms with E-state index in [1.54, 1.807) is 13.2 Å². The number of aromatic nitrogens is 4. The highest BCUT2D eigenvalue weighted by Gasteiger charge is 2.30. The number of nitrogens with one attached hydrogen (secondary N) is 2. The largest absolute Gasteiger partial charge is 0.497 e. The number of benzene rings is 2. The van der Waals surface area contributed by atoms with E-state index in [0.717, 1.165) is 42.6 Å². The second-order valence-electron chi connectivity index (χ2n) is 7.65. The van der Waals surface area contributed by atoms with Crippen molar-refractivity contribution in [2.75, 3.05) is 12.8 Å². The second kappa shape index (κ2) is 8.94. The lowest BCUT2D eigenvalue weighted by Gasteiger charge is -2.29. The first kappa shape index (κ1) is 19.9. The van der Waals surface area contributed by atoms with Crippen molar-refractivity contribution >= 4 is 11.6 Å². The van der Waals surface area contributed by atoms with Gasteiger partial charge in [0.15, 0.2) is 5.82 Å². The zero-order valence-corrected chi connectivity index (χ0v) is 17.0. The van der Waals surface area contributed by atoms with Gasteiger partial charge in [-0.2, -0.15) is 5.21 Å². The van der Waals surface area contributed by atoms with E-state index in [9.17, 15) is 4.79 Å². The maximum absolute atomic E-state index is 13.1. The van der Waals surface area contributed by atoms with Gasteiger partial charge in [0.1, 0.15) is 5.75 Å². The van der Waals surface area contributed by atoms with E-state index >= 15 is 0 Å². The Kier molecular flexibility index (Phi) is 5.92. The number of rotatable bonds is 6. The number of ether oxygens (including phenoxy) is 1. The highest BCUT2D eigenvalue weighted by atomic mass is 16.5. The average molecular weight is 406 g/mol. The summed E-state index contributed by atoms with van der Waals surface area (Å²) < 4.78 is 5.20. The van der Waals surface area contributed by atoms with Crippen LogP contribution in [-0.4, -0.2) is 33.6 Å². The van der Waals surface area contributed by atoms with Crippen molar-refractivity contribution in [3.8, 4) is 16.9 Å². The van der Waals surface area contributed by atoms with Crippen LogP contribution in [0, 0.1) is 5.92 Å². The van der Waals surface area contributed by atoms with E-state index in [2.05, 4.69) is 25.9 Å². The third-order valence-electron chi connectivity index (χ3n) is 5.77. The van der Waals surface area contributed by atoms with Crippen molar-refractivity contribution in [2.45, 2.75) is 38.1 Å². The summed E-state index contributed by atoms with van der Waals surface area (Å²) >= 11 is 0. The molecule has 4 N–H and O–H groups in total. The van der Waals surface area contributed by atoms with Crippen LogP contribution in [0.3, 0.4) is 0 Å². The van der Waals surface area contributed by atoms with Crippen molar-refractivity contribution in [1.82, 2.24) is 25.9 Å². The van der Waals surface area contributed by atoms with E-state index in [0.29, 0.717) is 23.0 Å². The molecule has 30 heavy (non-hydrogen) atoms. The van der Waals surface area contributed by atoms with Gasteiger partial charge in [-0.3, -0.25) is 4.79 Å². The minimum absolute atomic E-state index is 0.228. The maximum atomic E-state index is 13.1. The standard InChI is InChI=1S/C22H26N6O2/c1-30-17-10-7-14(8-11-17)16-9-12-18(19(23)13-16)22(29)24-20(21-25-27-28-26-21)15-5-3-2-4-6-15/h7-13,15,20H,2-6,23H2,1H3,(H,24,29)(H,25,26,27,28). The Hall–Kier alpha value is -3.42. The first-order valence-corrected chi connectivity index (χ1v) is 10.2. The summed E-state index contributed by atoms with van der Waals surface area (Å²) in [4.78, 5) is 13.1. The number of nitrogen functional groups attached to an aromatic ring is 1. The fraction of sp³-hybridized carbons (Fsp3) is 0.364. The lowest BCUT2D eigenvalue weighted by atomic mass is 9.83. The molecule has 2 aromatic carbocycles. The molecule has 3 aromatic rings. The van der Waals surface area contributed by atoms with Gasteiger partial charge < -0.3 is 15.8 Å². The molecule has 1 atom stereocenters. The number of nitrogens with zero attached hydrogens (tertiary/aromatic N) is 3. The number of anilines is 1. The molecule has 8 heteroatoms. The molecule has 0 radical (unpaired) electrons. The Morgan fingerprint density at radius 2 is 1.87 bits per heavy atom. The summed E-state index contributed by atoms with van der Waals surface area (Å²) in [5.74, 6) is 1.37. The Balaban J connectivity index is 1.54. The zero-order valence-electron chi connectivity index (χ0n) is 17.0. The summed E-state index contributed by atoms with van der Waals surface area (Å²) in [5, 5.41) is 17.5. The van der Waals surface area contributed by atoms with Gasteiger partial charge in [-0.15, -0.1) is 10.2 Å². The normalized spacial score (nSPS) is 15.5. The number of aromatic amines is 1. The number of carbonyl (C=O) groups excluding carboxylic acids is 1. The van der Waals surface area contributed by atoms with Crippen LogP contribution in [0.4, 0.5) is 5.69 Å². The van der Waals surface area contributed by atoms with E-state index in [1.807, 2.05) is 36.4 Å². The molecular weight excluding hydrogens is 380 g/mol. The third kappa shape index (κ3) is 4.27. The lowest BCUT2D eigenvalue weighted by molar-refractivity contribution is 0.0910. The second-order valence-corrected chi connectivity index (χ2v) is 7.65. The smallest absolute Gasteiger partial charge is 0.253 e. The van der Waals surface area contributed by atoms with Crippen LogP contribution in [0.25, 0.3) is 11.1 Å². The van der Waals surface area contributed by atoms with Crippen molar-refractivity contribution in [3.05, 3.63) is 53.9 Å². The molecule has 4 rings (SSSR count). The van der Waals surface area contributed by atoms with Crippen molar-refractivity contribution in [3.63, 3.8) is 0 Å². The molecule has 0 bridgehead atoms. The number of nitrogens with two attached hydrogens (primary N) is 1. The molecule has 1 aromatic heterocycles. The van der Waals surface area contributed by atoms with Crippen LogP contribution in [-0.2, 0) is 0 Å². The van der Waals surface area contributed by atoms with Gasteiger partial charge in [0.25, 0.3) is 5.91 Å². The topological polar surface area (TPSA) is 119 Å². The van der Waals surface area contributed by atoms with E-state index < -0.39 is 0 Å². The molecule has 8 nitrogen and oxygen atoms in total. The first-order chi connectivity index (χ1) is 14.7. The Morgan fingerprint density at radius 1 is 1.13 bits per heavy atom. The maximum Gasteiger partial charge on any atom is 0.253 e. The van der Waals surface area contributed by atoms with Gasteiger partial charge in [-0.25, -0.2) is 0 Å². The summed E-state index contributed by atoms with van der Waals surface area (Å²) in [6.07, 6.45) is 5.58. The number of amides is 1. The fourth-order valence-electron chi connectivity index (χ4n) is 4.11. The van der Waals surface area contributed by atoms with Crippen molar-refractivity contribution < 1.29 is 9.53 Å². The average Bonchev–Trinajstić information content (AvgIpc) is 3.32. The van der Waals surface area contributed by atoms with Crippen LogP contribution in [0.15, 0.2) is 42.5 Å². The highest BCUT2D eigenvalue weighted by Crippen LogP contribution is 2.33. The number of H-pyrrole nitrogens is 1. The lowest BCUT2D eigenvalue weighted by Crippen LogP contribution is -2.35. The van der Waals surface area contributed by atoms with Crippen LogP contribution in [0.1, 0.15) is 54.3 Å². The molecule has 1 aliphatic rings. The SMILES string of the molecule is COc1ccc(-c2ccc(C(=O)NC(c3nn[nH]n3)C3CCCCC3)c(N)c2)cc1. The van der Waals surface area contributed by atoms with Crippen LogP contribution < -0.4 is 15.8 Å². The number of hydrogen-bond donors (Lipinski definition) is 3. The molecule has 156 valence electrons. The van der Waals surface area contributed by atoms with Crippen molar-refractivity contribution in [1.29, 1.82) is 0 Å². The number of carbonyl (C=O) groups is 1. The number of hydrogen-bond acceptors (Lipinski definition) is 6. The van der Waals surface area contributed by atoms with Gasteiger partial charge in [-0.05, 0) is 54.2 Å².